The molecule has 0 fully saturated rings. The molecule has 0 unspecified atom stereocenters. The van der Waals surface area contributed by atoms with Gasteiger partial charge < -0.3 is 0 Å². The fourth-order valence-corrected chi connectivity index (χ4v) is 1.99. The molecule has 0 bridgehead atoms. The van der Waals surface area contributed by atoms with Crippen molar-refractivity contribution in [3.63, 3.8) is 0 Å². The van der Waals surface area contributed by atoms with Gasteiger partial charge in [0.25, 0.3) is 0 Å². The lowest BCUT2D eigenvalue weighted by Gasteiger charge is -2.19. The molecule has 122 valence electrons. The number of carbonyl (C=O) groups excluding carboxylic acids is 2. The Hall–Kier alpha value is -2.22. The highest BCUT2D eigenvalue weighted by molar-refractivity contribution is 5.94. The molecule has 0 N–H and O–H groups in total. The second kappa shape index (κ2) is 7.87. The van der Waals surface area contributed by atoms with E-state index in [2.05, 4.69) is 26.8 Å². The molecule has 0 spiro atoms. The number of hydrogen-bond acceptors (Lipinski definition) is 2. The number of rotatable bonds is 2. The number of Topliss-reactive ketones (excluding diaryl/α,β-unsaturated/α-hetero) is 2. The average Bonchev–Trinajstić information content (AvgIpc) is 2.47. The van der Waals surface area contributed by atoms with Crippen molar-refractivity contribution in [2.45, 2.75) is 47.0 Å². The number of hydrogen-bond donors (Lipinski definition) is 0. The third-order valence-electron chi connectivity index (χ3n) is 3.59. The zero-order valence-corrected chi connectivity index (χ0v) is 14.9. The molecule has 0 amide bonds. The van der Waals surface area contributed by atoms with Gasteiger partial charge in [0.2, 0.25) is 0 Å². The monoisotopic (exact) mass is 310 g/mol. The molecule has 0 aromatic heterocycles. The summed E-state index contributed by atoms with van der Waals surface area (Å²) in [5.41, 5.74) is 4.09. The van der Waals surface area contributed by atoms with Crippen LogP contribution in [0.15, 0.2) is 48.5 Å². The normalized spacial score (nSPS) is 10.5. The van der Waals surface area contributed by atoms with E-state index >= 15 is 0 Å². The average molecular weight is 310 g/mol. The minimum absolute atomic E-state index is 0.117. The van der Waals surface area contributed by atoms with Crippen LogP contribution in [0.3, 0.4) is 0 Å². The van der Waals surface area contributed by atoms with E-state index in [9.17, 15) is 9.59 Å². The zero-order chi connectivity index (χ0) is 17.6. The van der Waals surface area contributed by atoms with E-state index in [1.165, 1.54) is 11.1 Å². The van der Waals surface area contributed by atoms with E-state index < -0.39 is 0 Å². The van der Waals surface area contributed by atoms with Gasteiger partial charge in [-0.05, 0) is 37.8 Å². The van der Waals surface area contributed by atoms with Crippen molar-refractivity contribution in [2.75, 3.05) is 0 Å². The quantitative estimate of drug-likeness (QED) is 0.697. The summed E-state index contributed by atoms with van der Waals surface area (Å²) < 4.78 is 0. The molecule has 2 nitrogen and oxygen atoms in total. The Morgan fingerprint density at radius 1 is 0.783 bits per heavy atom. The molecule has 23 heavy (non-hydrogen) atoms. The van der Waals surface area contributed by atoms with Crippen molar-refractivity contribution < 1.29 is 9.59 Å². The lowest BCUT2D eigenvalue weighted by molar-refractivity contribution is 0.100. The molecule has 0 aliphatic heterocycles. The summed E-state index contributed by atoms with van der Waals surface area (Å²) in [6.45, 7) is 11.6. The van der Waals surface area contributed by atoms with Gasteiger partial charge in [-0.1, -0.05) is 68.8 Å². The number of carbonyl (C=O) groups is 2. The van der Waals surface area contributed by atoms with E-state index in [0.717, 1.165) is 11.1 Å². The van der Waals surface area contributed by atoms with Crippen molar-refractivity contribution in [2.24, 2.45) is 0 Å². The lowest BCUT2D eigenvalue weighted by Crippen LogP contribution is -2.11. The zero-order valence-electron chi connectivity index (χ0n) is 14.9. The highest BCUT2D eigenvalue weighted by atomic mass is 16.1. The van der Waals surface area contributed by atoms with E-state index in [-0.39, 0.29) is 17.0 Å². The van der Waals surface area contributed by atoms with Crippen molar-refractivity contribution in [3.8, 4) is 0 Å². The van der Waals surface area contributed by atoms with Crippen LogP contribution in [0.25, 0.3) is 0 Å². The SMILES string of the molecule is CC(=O)c1ccc(C)cc1.CC(=O)c1cccc(C(C)(C)C)c1. The van der Waals surface area contributed by atoms with Crippen molar-refractivity contribution in [1.29, 1.82) is 0 Å². The van der Waals surface area contributed by atoms with E-state index in [4.69, 9.17) is 0 Å². The summed E-state index contributed by atoms with van der Waals surface area (Å²) in [7, 11) is 0. The Kier molecular flexibility index (Phi) is 6.44. The van der Waals surface area contributed by atoms with Crippen LogP contribution in [0, 0.1) is 6.92 Å². The standard InChI is InChI=1S/C12H16O.C9H10O/c1-9(13)10-6-5-7-11(8-10)12(2,3)4;1-7-3-5-9(6-4-7)8(2)10/h5-8H,1-4H3;3-6H,1-2H3. The van der Waals surface area contributed by atoms with Gasteiger partial charge in [0, 0.05) is 11.1 Å². The first-order valence-electron chi connectivity index (χ1n) is 7.80. The molecule has 2 aromatic carbocycles. The molecule has 0 aliphatic carbocycles. The van der Waals surface area contributed by atoms with Crippen molar-refractivity contribution in [1.82, 2.24) is 0 Å². The molecule has 0 aliphatic rings. The largest absolute Gasteiger partial charge is 0.295 e. The predicted octanol–water partition coefficient (Wildman–Crippen LogP) is 5.38. The second-order valence-electron chi connectivity index (χ2n) is 6.81. The Bertz CT molecular complexity index is 674. The van der Waals surface area contributed by atoms with Gasteiger partial charge in [0.15, 0.2) is 11.6 Å². The van der Waals surface area contributed by atoms with Crippen LogP contribution in [-0.2, 0) is 5.41 Å². The van der Waals surface area contributed by atoms with Gasteiger partial charge >= 0.3 is 0 Å². The number of benzene rings is 2. The van der Waals surface area contributed by atoms with Gasteiger partial charge in [-0.15, -0.1) is 0 Å². The fraction of sp³-hybridized carbons (Fsp3) is 0.333. The van der Waals surface area contributed by atoms with Crippen LogP contribution in [0.1, 0.15) is 66.5 Å². The topological polar surface area (TPSA) is 34.1 Å². The van der Waals surface area contributed by atoms with Crippen LogP contribution < -0.4 is 0 Å². The Labute approximate surface area is 139 Å². The number of aryl methyl sites for hydroxylation is 1. The lowest BCUT2D eigenvalue weighted by atomic mass is 9.86. The minimum Gasteiger partial charge on any atom is -0.295 e. The van der Waals surface area contributed by atoms with Gasteiger partial charge in [0.05, 0.1) is 0 Å². The second-order valence-corrected chi connectivity index (χ2v) is 6.81. The molecular formula is C21H26O2. The molecule has 0 saturated carbocycles. The molecule has 0 saturated heterocycles. The third-order valence-corrected chi connectivity index (χ3v) is 3.59. The maximum absolute atomic E-state index is 11.1. The fourth-order valence-electron chi connectivity index (χ4n) is 1.99. The van der Waals surface area contributed by atoms with E-state index in [1.54, 1.807) is 13.8 Å². The summed E-state index contributed by atoms with van der Waals surface area (Å²) >= 11 is 0. The van der Waals surface area contributed by atoms with E-state index in [0.29, 0.717) is 0 Å². The minimum atomic E-state index is 0.117. The maximum atomic E-state index is 11.1. The van der Waals surface area contributed by atoms with Gasteiger partial charge in [0.1, 0.15) is 0 Å². The summed E-state index contributed by atoms with van der Waals surface area (Å²) in [6.07, 6.45) is 0. The smallest absolute Gasteiger partial charge is 0.159 e. The van der Waals surface area contributed by atoms with Crippen LogP contribution in [0.4, 0.5) is 0 Å². The van der Waals surface area contributed by atoms with Crippen molar-refractivity contribution in [3.05, 3.63) is 70.8 Å². The van der Waals surface area contributed by atoms with Crippen LogP contribution in [0.5, 0.6) is 0 Å². The predicted molar refractivity (Wildman–Crippen MR) is 96.3 cm³/mol. The molecule has 2 rings (SSSR count). The Balaban J connectivity index is 0.000000238. The van der Waals surface area contributed by atoms with Crippen molar-refractivity contribution >= 4 is 11.6 Å². The molecule has 2 heteroatoms. The van der Waals surface area contributed by atoms with Crippen LogP contribution in [-0.4, -0.2) is 11.6 Å². The molecule has 0 heterocycles. The van der Waals surface area contributed by atoms with Gasteiger partial charge in [-0.2, -0.15) is 0 Å². The van der Waals surface area contributed by atoms with Crippen LogP contribution >= 0.6 is 0 Å². The van der Waals surface area contributed by atoms with Crippen LogP contribution in [0.2, 0.25) is 0 Å². The maximum Gasteiger partial charge on any atom is 0.159 e. The van der Waals surface area contributed by atoms with E-state index in [1.807, 2.05) is 49.4 Å². The summed E-state index contributed by atoms with van der Waals surface area (Å²) in [6, 6.07) is 15.4. The summed E-state index contributed by atoms with van der Waals surface area (Å²) in [4.78, 5) is 21.9. The third kappa shape index (κ3) is 6.19. The van der Waals surface area contributed by atoms with Gasteiger partial charge in [-0.3, -0.25) is 9.59 Å². The molecule has 2 aromatic rings. The summed E-state index contributed by atoms with van der Waals surface area (Å²) in [5, 5.41) is 0. The highest BCUT2D eigenvalue weighted by Crippen LogP contribution is 2.22. The van der Waals surface area contributed by atoms with Gasteiger partial charge in [-0.25, -0.2) is 0 Å². The molecular weight excluding hydrogens is 284 g/mol. The molecule has 0 atom stereocenters. The highest BCUT2D eigenvalue weighted by Gasteiger charge is 2.14. The summed E-state index contributed by atoms with van der Waals surface area (Å²) in [5.74, 6) is 0.256. The Morgan fingerprint density at radius 3 is 1.74 bits per heavy atom. The first-order chi connectivity index (χ1) is 10.6. The number of ketones is 2. The first-order valence-corrected chi connectivity index (χ1v) is 7.80. The Morgan fingerprint density at radius 2 is 1.30 bits per heavy atom. The molecule has 0 radical (unpaired) electrons. The first kappa shape index (κ1) is 18.8.